The van der Waals surface area contributed by atoms with Gasteiger partial charge >= 0.3 is 5.97 Å². The number of hydrogen-bond donors (Lipinski definition) is 1. The van der Waals surface area contributed by atoms with E-state index in [-0.39, 0.29) is 30.0 Å². The maximum atomic E-state index is 12.3. The predicted molar refractivity (Wildman–Crippen MR) is 95.1 cm³/mol. The first-order valence-corrected chi connectivity index (χ1v) is 10.9. The Kier molecular flexibility index (Phi) is 5.32. The average molecular weight is 416 g/mol. The number of esters is 1. The summed E-state index contributed by atoms with van der Waals surface area (Å²) in [6.45, 7) is 0. The fourth-order valence-corrected chi connectivity index (χ4v) is 4.67. The Morgan fingerprint density at radius 2 is 1.96 bits per heavy atom. The Balaban J connectivity index is 1.46. The van der Waals surface area contributed by atoms with Crippen molar-refractivity contribution >= 4 is 31.9 Å². The van der Waals surface area contributed by atoms with Crippen LogP contribution in [0.15, 0.2) is 28.7 Å². The highest BCUT2D eigenvalue weighted by Gasteiger charge is 2.46. The van der Waals surface area contributed by atoms with Gasteiger partial charge in [-0.2, -0.15) is 0 Å². The molecule has 1 aromatic carbocycles. The Morgan fingerprint density at radius 3 is 2.58 bits per heavy atom. The number of benzene rings is 1. The van der Waals surface area contributed by atoms with Gasteiger partial charge in [0, 0.05) is 10.5 Å². The van der Waals surface area contributed by atoms with Crippen LogP contribution in [0.2, 0.25) is 0 Å². The van der Waals surface area contributed by atoms with Crippen molar-refractivity contribution in [2.45, 2.75) is 50.2 Å². The molecule has 0 saturated heterocycles. The summed E-state index contributed by atoms with van der Waals surface area (Å²) in [6.07, 6.45) is 4.80. The molecule has 0 spiro atoms. The number of sulfonamides is 1. The molecule has 2 aliphatic carbocycles. The third kappa shape index (κ3) is 4.80. The van der Waals surface area contributed by atoms with Gasteiger partial charge in [0.15, 0.2) is 0 Å². The minimum absolute atomic E-state index is 0.0360. The highest BCUT2D eigenvalue weighted by Crippen LogP contribution is 2.48. The van der Waals surface area contributed by atoms with Crippen molar-refractivity contribution in [3.8, 4) is 0 Å². The van der Waals surface area contributed by atoms with Crippen molar-refractivity contribution < 1.29 is 17.9 Å². The number of ether oxygens (including phenoxy) is 1. The molecule has 0 aliphatic heterocycles. The molecule has 0 amide bonds. The monoisotopic (exact) mass is 415 g/mol. The Labute approximate surface area is 151 Å². The van der Waals surface area contributed by atoms with Gasteiger partial charge in [0.05, 0.1) is 12.2 Å². The largest absolute Gasteiger partial charge is 0.462 e. The van der Waals surface area contributed by atoms with Crippen LogP contribution in [0.5, 0.6) is 0 Å². The molecule has 2 atom stereocenters. The predicted octanol–water partition coefficient (Wildman–Crippen LogP) is 2.96. The molecular weight excluding hydrogens is 394 g/mol. The molecule has 0 heterocycles. The maximum absolute atomic E-state index is 12.3. The number of carbonyl (C=O) groups excluding carboxylic acids is 1. The van der Waals surface area contributed by atoms with Crippen LogP contribution < -0.4 is 4.72 Å². The Morgan fingerprint density at radius 1 is 1.25 bits per heavy atom. The quantitative estimate of drug-likeness (QED) is 0.750. The van der Waals surface area contributed by atoms with Crippen LogP contribution in [0.25, 0.3) is 0 Å². The van der Waals surface area contributed by atoms with Crippen LogP contribution in [0, 0.1) is 5.92 Å². The third-order valence-corrected chi connectivity index (χ3v) is 5.96. The number of rotatable bonds is 5. The van der Waals surface area contributed by atoms with Crippen molar-refractivity contribution in [2.75, 3.05) is 6.26 Å². The van der Waals surface area contributed by atoms with E-state index in [0.29, 0.717) is 25.7 Å². The first kappa shape index (κ1) is 17.9. The van der Waals surface area contributed by atoms with Crippen molar-refractivity contribution in [2.24, 2.45) is 5.92 Å². The van der Waals surface area contributed by atoms with Gasteiger partial charge in [0.25, 0.3) is 0 Å². The van der Waals surface area contributed by atoms with Crippen molar-refractivity contribution in [1.29, 1.82) is 0 Å². The lowest BCUT2D eigenvalue weighted by Gasteiger charge is -2.28. The van der Waals surface area contributed by atoms with Crippen LogP contribution in [0.1, 0.15) is 43.6 Å². The lowest BCUT2D eigenvalue weighted by Crippen LogP contribution is -2.39. The zero-order chi connectivity index (χ0) is 17.3. The van der Waals surface area contributed by atoms with Gasteiger partial charge in [0.2, 0.25) is 10.0 Å². The first-order valence-electron chi connectivity index (χ1n) is 8.25. The molecule has 1 aromatic rings. The summed E-state index contributed by atoms with van der Waals surface area (Å²) < 4.78 is 31.8. The van der Waals surface area contributed by atoms with E-state index in [4.69, 9.17) is 4.74 Å². The van der Waals surface area contributed by atoms with Crippen LogP contribution >= 0.6 is 15.9 Å². The van der Waals surface area contributed by atoms with Crippen molar-refractivity contribution in [3.63, 3.8) is 0 Å². The van der Waals surface area contributed by atoms with Crippen molar-refractivity contribution in [1.82, 2.24) is 4.72 Å². The second kappa shape index (κ2) is 7.14. The second-order valence-electron chi connectivity index (χ2n) is 6.80. The molecule has 132 valence electrons. The summed E-state index contributed by atoms with van der Waals surface area (Å²) in [7, 11) is -3.17. The second-order valence-corrected chi connectivity index (χ2v) is 9.50. The smallest absolute Gasteiger partial charge is 0.309 e. The zero-order valence-corrected chi connectivity index (χ0v) is 16.0. The summed E-state index contributed by atoms with van der Waals surface area (Å²) in [5.41, 5.74) is 1.17. The first-order chi connectivity index (χ1) is 11.3. The van der Waals surface area contributed by atoms with Crippen LogP contribution in [0.4, 0.5) is 0 Å². The van der Waals surface area contributed by atoms with E-state index in [1.54, 1.807) is 0 Å². The van der Waals surface area contributed by atoms with E-state index in [1.165, 1.54) is 11.8 Å². The van der Waals surface area contributed by atoms with Gasteiger partial charge in [0.1, 0.15) is 6.10 Å². The van der Waals surface area contributed by atoms with Gasteiger partial charge in [-0.05, 0) is 55.7 Å². The maximum Gasteiger partial charge on any atom is 0.309 e. The Hall–Kier alpha value is -0.920. The van der Waals surface area contributed by atoms with E-state index in [1.807, 2.05) is 18.2 Å². The molecule has 0 radical (unpaired) electrons. The zero-order valence-electron chi connectivity index (χ0n) is 13.6. The summed E-state index contributed by atoms with van der Waals surface area (Å²) in [4.78, 5) is 12.3. The topological polar surface area (TPSA) is 72.5 Å². The highest BCUT2D eigenvalue weighted by molar-refractivity contribution is 9.10. The number of halogens is 1. The normalized spacial score (nSPS) is 29.9. The Bertz CT molecular complexity index is 713. The molecule has 2 fully saturated rings. The van der Waals surface area contributed by atoms with Gasteiger partial charge in [-0.15, -0.1) is 0 Å². The minimum atomic E-state index is -3.17. The summed E-state index contributed by atoms with van der Waals surface area (Å²) in [6, 6.07) is 8.02. The molecule has 2 aliphatic rings. The molecule has 7 heteroatoms. The molecule has 2 saturated carbocycles. The number of nitrogens with one attached hydrogen (secondary N) is 1. The lowest BCUT2D eigenvalue weighted by molar-refractivity contribution is -0.152. The van der Waals surface area contributed by atoms with E-state index in [0.717, 1.165) is 10.9 Å². The van der Waals surface area contributed by atoms with E-state index in [2.05, 4.69) is 26.7 Å². The standard InChI is InChI=1S/C17H22BrNO4S/c1-24(21,22)19-13-5-7-14(8-6-13)23-17(20)16-10-15(16)11-3-2-4-12(18)9-11/h2-4,9,13-16,19H,5-8,10H2,1H3/t13?,14?,15-,16-/m1/s1. The molecular formula is C17H22BrNO4S. The summed E-state index contributed by atoms with van der Waals surface area (Å²) in [5.74, 6) is 0.115. The molecule has 0 unspecified atom stereocenters. The SMILES string of the molecule is CS(=O)(=O)NC1CCC(OC(=O)[C@@H]2C[C@@H]2c2cccc(Br)c2)CC1. The van der Waals surface area contributed by atoms with Crippen molar-refractivity contribution in [3.05, 3.63) is 34.3 Å². The minimum Gasteiger partial charge on any atom is -0.462 e. The van der Waals surface area contributed by atoms with E-state index < -0.39 is 10.0 Å². The van der Waals surface area contributed by atoms with E-state index in [9.17, 15) is 13.2 Å². The van der Waals surface area contributed by atoms with Gasteiger partial charge in [-0.3, -0.25) is 4.79 Å². The van der Waals surface area contributed by atoms with Gasteiger partial charge in [-0.1, -0.05) is 28.1 Å². The highest BCUT2D eigenvalue weighted by atomic mass is 79.9. The molecule has 24 heavy (non-hydrogen) atoms. The molecule has 5 nitrogen and oxygen atoms in total. The molecule has 0 bridgehead atoms. The summed E-state index contributed by atoms with van der Waals surface area (Å²) >= 11 is 3.46. The average Bonchev–Trinajstić information content (AvgIpc) is 3.28. The van der Waals surface area contributed by atoms with Crippen LogP contribution in [-0.2, 0) is 19.6 Å². The fraction of sp³-hybridized carbons (Fsp3) is 0.588. The van der Waals surface area contributed by atoms with Gasteiger partial charge < -0.3 is 4.74 Å². The number of hydrogen-bond acceptors (Lipinski definition) is 4. The van der Waals surface area contributed by atoms with Crippen LogP contribution in [-0.4, -0.2) is 32.8 Å². The fourth-order valence-electron chi connectivity index (χ4n) is 3.41. The lowest BCUT2D eigenvalue weighted by atomic mass is 9.93. The van der Waals surface area contributed by atoms with Crippen LogP contribution in [0.3, 0.4) is 0 Å². The third-order valence-electron chi connectivity index (χ3n) is 4.71. The molecule has 1 N–H and O–H groups in total. The molecule has 0 aromatic heterocycles. The van der Waals surface area contributed by atoms with Gasteiger partial charge in [-0.25, -0.2) is 13.1 Å². The number of carbonyl (C=O) groups is 1. The molecule has 3 rings (SSSR count). The summed E-state index contributed by atoms with van der Waals surface area (Å²) in [5, 5.41) is 0. The van der Waals surface area contributed by atoms with E-state index >= 15 is 0 Å².